The van der Waals surface area contributed by atoms with Gasteiger partial charge in [-0.2, -0.15) is 0 Å². The van der Waals surface area contributed by atoms with E-state index in [9.17, 15) is 0 Å². The fourth-order valence-electron chi connectivity index (χ4n) is 5.88. The van der Waals surface area contributed by atoms with Crippen LogP contribution in [0.15, 0.2) is 162 Å². The zero-order chi connectivity index (χ0) is 29.9. The third-order valence-corrected chi connectivity index (χ3v) is 8.19. The summed E-state index contributed by atoms with van der Waals surface area (Å²) in [6.45, 7) is 4.21. The van der Waals surface area contributed by atoms with Gasteiger partial charge in [0.25, 0.3) is 0 Å². The summed E-state index contributed by atoms with van der Waals surface area (Å²) in [6, 6.07) is 44.9. The van der Waals surface area contributed by atoms with E-state index < -0.39 is 0 Å². The van der Waals surface area contributed by atoms with Crippen LogP contribution in [0.2, 0.25) is 0 Å². The standard InChI is InChI=1S/C41H33N3/c1-28-12-20-33(21-13-28)42-35-24-16-30(17-25-35)39(31-18-26-36(27-19-31)43-34-22-14-29(2)15-23-34)40-37-10-6-7-11-38(37)44-41(40)32-8-4-3-5-9-32/h3-27,40,42H,1-2H3/p+1. The van der Waals surface area contributed by atoms with E-state index in [2.05, 4.69) is 176 Å². The lowest BCUT2D eigenvalue weighted by atomic mass is 9.79. The topological polar surface area (TPSA) is 38.4 Å². The molecule has 0 bridgehead atoms. The summed E-state index contributed by atoms with van der Waals surface area (Å²) < 4.78 is 0. The predicted octanol–water partition coefficient (Wildman–Crippen LogP) is 8.70. The van der Waals surface area contributed by atoms with E-state index in [1.807, 2.05) is 0 Å². The molecule has 2 N–H and O–H groups in total. The van der Waals surface area contributed by atoms with E-state index >= 15 is 0 Å². The monoisotopic (exact) mass is 568 g/mol. The molecule has 3 nitrogen and oxygen atoms in total. The molecule has 1 heterocycles. The fraction of sp³-hybridized carbons (Fsp3) is 0.0732. The van der Waals surface area contributed by atoms with Crippen LogP contribution in [0.1, 0.15) is 33.7 Å². The second-order valence-corrected chi connectivity index (χ2v) is 11.4. The first-order valence-corrected chi connectivity index (χ1v) is 15.1. The van der Waals surface area contributed by atoms with Crippen LogP contribution in [0.5, 0.6) is 0 Å². The highest BCUT2D eigenvalue weighted by Gasteiger charge is 2.33. The largest absolute Gasteiger partial charge is 0.356 e. The molecule has 0 saturated carbocycles. The van der Waals surface area contributed by atoms with E-state index in [0.717, 1.165) is 39.7 Å². The van der Waals surface area contributed by atoms with Crippen LogP contribution in [0.25, 0.3) is 5.57 Å². The minimum absolute atomic E-state index is 0.0135. The van der Waals surface area contributed by atoms with Gasteiger partial charge in [0.2, 0.25) is 11.4 Å². The highest BCUT2D eigenvalue weighted by atomic mass is 14.9. The summed E-state index contributed by atoms with van der Waals surface area (Å²) in [7, 11) is 0. The molecule has 1 unspecified atom stereocenters. The van der Waals surface area contributed by atoms with Gasteiger partial charge >= 0.3 is 0 Å². The lowest BCUT2D eigenvalue weighted by molar-refractivity contribution is -0.351. The lowest BCUT2D eigenvalue weighted by Gasteiger charge is -2.23. The number of nitrogens with zero attached hydrogens (tertiary/aromatic N) is 1. The van der Waals surface area contributed by atoms with Crippen molar-refractivity contribution in [2.75, 3.05) is 5.32 Å². The van der Waals surface area contributed by atoms with Gasteiger partial charge in [0.15, 0.2) is 0 Å². The van der Waals surface area contributed by atoms with Crippen molar-refractivity contribution in [1.82, 2.24) is 0 Å². The Labute approximate surface area is 259 Å². The van der Waals surface area contributed by atoms with Gasteiger partial charge in [-0.1, -0.05) is 96.1 Å². The molecule has 1 aliphatic heterocycles. The molecule has 212 valence electrons. The molecule has 0 spiro atoms. The highest BCUT2D eigenvalue weighted by Crippen LogP contribution is 2.47. The van der Waals surface area contributed by atoms with Crippen molar-refractivity contribution in [3.05, 3.63) is 185 Å². The quantitative estimate of drug-likeness (QED) is 0.211. The number of aryl methyl sites for hydroxylation is 2. The number of para-hydroxylation sites is 1. The van der Waals surface area contributed by atoms with Crippen LogP contribution in [0.4, 0.5) is 22.7 Å². The molecule has 7 rings (SSSR count). The van der Waals surface area contributed by atoms with Crippen molar-refractivity contribution in [2.24, 2.45) is 4.99 Å². The number of aliphatic imine (C=N–C) groups is 1. The first-order chi connectivity index (χ1) is 21.6. The van der Waals surface area contributed by atoms with E-state index in [1.165, 1.54) is 33.4 Å². The maximum Gasteiger partial charge on any atom is 0.203 e. The van der Waals surface area contributed by atoms with Gasteiger partial charge < -0.3 is 5.32 Å². The van der Waals surface area contributed by atoms with E-state index in [4.69, 9.17) is 4.99 Å². The minimum Gasteiger partial charge on any atom is -0.356 e. The fourth-order valence-corrected chi connectivity index (χ4v) is 5.88. The van der Waals surface area contributed by atoms with Gasteiger partial charge in [-0.3, -0.25) is 4.99 Å². The average molecular weight is 569 g/mol. The average Bonchev–Trinajstić information content (AvgIpc) is 3.45. The number of hydrogen-bond acceptors (Lipinski definition) is 2. The summed E-state index contributed by atoms with van der Waals surface area (Å²) in [6.07, 6.45) is 8.80. The second-order valence-electron chi connectivity index (χ2n) is 11.4. The molecule has 1 aliphatic carbocycles. The first-order valence-electron chi connectivity index (χ1n) is 15.1. The zero-order valence-corrected chi connectivity index (χ0v) is 25.0. The lowest BCUT2D eigenvalue weighted by Crippen LogP contribution is -2.65. The van der Waals surface area contributed by atoms with Crippen LogP contribution in [-0.4, -0.2) is 11.4 Å². The van der Waals surface area contributed by atoms with Crippen LogP contribution < -0.4 is 10.3 Å². The van der Waals surface area contributed by atoms with Crippen molar-refractivity contribution < 1.29 is 4.99 Å². The Morgan fingerprint density at radius 3 is 1.89 bits per heavy atom. The molecule has 0 saturated heterocycles. The summed E-state index contributed by atoms with van der Waals surface area (Å²) >= 11 is 0. The third-order valence-electron chi connectivity index (χ3n) is 8.19. The van der Waals surface area contributed by atoms with Crippen molar-refractivity contribution >= 4 is 39.7 Å². The molecule has 5 aromatic carbocycles. The molecular weight excluding hydrogens is 534 g/mol. The first kappa shape index (κ1) is 27.3. The van der Waals surface area contributed by atoms with Crippen molar-refractivity contribution in [3.63, 3.8) is 0 Å². The summed E-state index contributed by atoms with van der Waals surface area (Å²) in [5, 5.41) is 3.55. The molecule has 0 radical (unpaired) electrons. The Morgan fingerprint density at radius 2 is 1.20 bits per heavy atom. The van der Waals surface area contributed by atoms with Gasteiger partial charge in [-0.05, 0) is 84.2 Å². The van der Waals surface area contributed by atoms with Gasteiger partial charge in [-0.15, -0.1) is 0 Å². The normalized spacial score (nSPS) is 15.1. The number of nitrogens with one attached hydrogen (secondary N) is 2. The number of rotatable bonds is 6. The highest BCUT2D eigenvalue weighted by molar-refractivity contribution is 6.17. The maximum atomic E-state index is 5.21. The molecule has 0 amide bonds. The molecule has 0 fully saturated rings. The summed E-state index contributed by atoms with van der Waals surface area (Å²) in [5.41, 5.74) is 14.8. The number of anilines is 2. The Bertz CT molecular complexity index is 1940. The minimum atomic E-state index is -0.0135. The maximum absolute atomic E-state index is 5.21. The van der Waals surface area contributed by atoms with E-state index in [-0.39, 0.29) is 5.92 Å². The molecule has 2 aliphatic rings. The Balaban J connectivity index is 1.32. The van der Waals surface area contributed by atoms with Gasteiger partial charge in [0.1, 0.15) is 0 Å². The molecule has 3 heteroatoms. The number of benzene rings is 5. The predicted molar refractivity (Wildman–Crippen MR) is 185 cm³/mol. The van der Waals surface area contributed by atoms with Crippen molar-refractivity contribution in [2.45, 2.75) is 19.8 Å². The van der Waals surface area contributed by atoms with Crippen molar-refractivity contribution in [3.8, 4) is 0 Å². The summed E-state index contributed by atoms with van der Waals surface area (Å²) in [5.74, 6) is -0.0135. The van der Waals surface area contributed by atoms with Crippen LogP contribution in [0, 0.1) is 13.8 Å². The van der Waals surface area contributed by atoms with Gasteiger partial charge in [-0.25, -0.2) is 4.99 Å². The Hall–Kier alpha value is -5.54. The molecule has 5 aromatic rings. The number of hydrogen-bond donors (Lipinski definition) is 2. The third kappa shape index (κ3) is 5.73. The van der Waals surface area contributed by atoms with Crippen LogP contribution >= 0.6 is 0 Å². The molecule has 0 aromatic heterocycles. The van der Waals surface area contributed by atoms with E-state index in [0.29, 0.717) is 0 Å². The molecule has 44 heavy (non-hydrogen) atoms. The number of allylic oxidation sites excluding steroid dienone is 6. The van der Waals surface area contributed by atoms with Crippen LogP contribution in [-0.2, 0) is 0 Å². The van der Waals surface area contributed by atoms with Crippen molar-refractivity contribution in [1.29, 1.82) is 0 Å². The molecule has 1 atom stereocenters. The van der Waals surface area contributed by atoms with Crippen LogP contribution in [0.3, 0.4) is 0 Å². The second kappa shape index (κ2) is 12.0. The molecular formula is C41H34N3+. The smallest absolute Gasteiger partial charge is 0.203 e. The SMILES string of the molecule is Cc1ccc(Nc2ccc(C(=C3C=CC(=[NH+]c4ccc(C)cc4)C=C3)C3C(c4ccccc4)=Nc4ccccc43)cc2)cc1. The number of fused-ring (bicyclic) bond motifs is 1. The van der Waals surface area contributed by atoms with Gasteiger partial charge in [0, 0.05) is 35.7 Å². The Morgan fingerprint density at radius 1 is 0.614 bits per heavy atom. The summed E-state index contributed by atoms with van der Waals surface area (Å²) in [4.78, 5) is 8.76. The van der Waals surface area contributed by atoms with E-state index in [1.54, 1.807) is 0 Å². The zero-order valence-electron chi connectivity index (χ0n) is 25.0. The van der Waals surface area contributed by atoms with Gasteiger partial charge in [0.05, 0.1) is 17.3 Å². The Kier molecular flexibility index (Phi) is 7.44.